The van der Waals surface area contributed by atoms with Crippen LogP contribution < -0.4 is 0 Å². The molecule has 0 N–H and O–H groups in total. The van der Waals surface area contributed by atoms with Crippen LogP contribution in [0.2, 0.25) is 0 Å². The van der Waals surface area contributed by atoms with E-state index in [-0.39, 0.29) is 0 Å². The minimum absolute atomic E-state index is 1.02. The van der Waals surface area contributed by atoms with Crippen molar-refractivity contribution in [1.82, 2.24) is 0 Å². The lowest BCUT2D eigenvalue weighted by atomic mass is 10.2. The van der Waals surface area contributed by atoms with E-state index in [0.29, 0.717) is 0 Å². The summed E-state index contributed by atoms with van der Waals surface area (Å²) in [5, 5.41) is 0. The van der Waals surface area contributed by atoms with E-state index >= 15 is 0 Å². The number of allylic oxidation sites excluding steroid dienone is 2. The fraction of sp³-hybridized carbons (Fsp3) is 0.636. The van der Waals surface area contributed by atoms with Gasteiger partial charge in [-0.3, -0.25) is 0 Å². The van der Waals surface area contributed by atoms with E-state index in [4.69, 9.17) is 0 Å². The molecular weight excluding hydrogens is 212 g/mol. The predicted molar refractivity (Wildman–Crippen MR) is 59.2 cm³/mol. The third kappa shape index (κ3) is 9.78. The Hall–Kier alpha value is -0.220. The second-order valence-electron chi connectivity index (χ2n) is 2.78. The molecule has 0 aliphatic carbocycles. The van der Waals surface area contributed by atoms with Crippen LogP contribution in [-0.2, 0) is 0 Å². The van der Waals surface area contributed by atoms with Crippen molar-refractivity contribution < 1.29 is 0 Å². The Morgan fingerprint density at radius 1 is 1.17 bits per heavy atom. The average molecular weight is 229 g/mol. The Morgan fingerprint density at radius 3 is 2.58 bits per heavy atom. The van der Waals surface area contributed by atoms with E-state index in [9.17, 15) is 0 Å². The first-order valence-corrected chi connectivity index (χ1v) is 5.44. The van der Waals surface area contributed by atoms with Crippen molar-refractivity contribution >= 4 is 15.9 Å². The lowest BCUT2D eigenvalue weighted by Gasteiger charge is -1.90. The maximum Gasteiger partial charge on any atom is 0.0106 e. The number of hydrogen-bond acceptors (Lipinski definition) is 0. The number of rotatable bonds is 6. The highest BCUT2D eigenvalue weighted by atomic mass is 79.9. The SMILES string of the molecule is CCC/C=C/CCCCC#CBr. The van der Waals surface area contributed by atoms with Crippen molar-refractivity contribution in [1.29, 1.82) is 0 Å². The van der Waals surface area contributed by atoms with Gasteiger partial charge in [-0.25, -0.2) is 0 Å². The first-order chi connectivity index (χ1) is 5.91. The lowest BCUT2D eigenvalue weighted by molar-refractivity contribution is 0.769. The van der Waals surface area contributed by atoms with Crippen LogP contribution in [-0.4, -0.2) is 0 Å². The van der Waals surface area contributed by atoms with Gasteiger partial charge in [-0.2, -0.15) is 0 Å². The molecule has 1 heteroatoms. The Balaban J connectivity index is 3.03. The molecule has 0 atom stereocenters. The van der Waals surface area contributed by atoms with Gasteiger partial charge in [0.05, 0.1) is 0 Å². The zero-order chi connectivity index (χ0) is 9.07. The van der Waals surface area contributed by atoms with Crippen molar-refractivity contribution in [2.45, 2.75) is 45.4 Å². The minimum Gasteiger partial charge on any atom is -0.0908 e. The van der Waals surface area contributed by atoms with Crippen molar-refractivity contribution in [2.75, 3.05) is 0 Å². The monoisotopic (exact) mass is 228 g/mol. The molecule has 0 saturated heterocycles. The van der Waals surface area contributed by atoms with Gasteiger partial charge in [0.15, 0.2) is 0 Å². The average Bonchev–Trinajstić information content (AvgIpc) is 2.10. The smallest absolute Gasteiger partial charge is 0.0106 e. The van der Waals surface area contributed by atoms with Crippen LogP contribution in [0.25, 0.3) is 0 Å². The van der Waals surface area contributed by atoms with Crippen LogP contribution >= 0.6 is 15.9 Å². The van der Waals surface area contributed by atoms with E-state index < -0.39 is 0 Å². The maximum absolute atomic E-state index is 3.08. The molecular formula is C11H17Br. The fourth-order valence-electron chi connectivity index (χ4n) is 0.925. The number of hydrogen-bond donors (Lipinski definition) is 0. The molecule has 0 saturated carbocycles. The third-order valence-electron chi connectivity index (χ3n) is 1.61. The molecule has 0 nitrogen and oxygen atoms in total. The van der Waals surface area contributed by atoms with E-state index in [2.05, 4.69) is 45.8 Å². The van der Waals surface area contributed by atoms with Gasteiger partial charge in [0.25, 0.3) is 0 Å². The molecule has 0 aromatic rings. The molecule has 0 rings (SSSR count). The maximum atomic E-state index is 3.08. The summed E-state index contributed by atoms with van der Waals surface area (Å²) in [7, 11) is 0. The molecule has 0 amide bonds. The summed E-state index contributed by atoms with van der Waals surface area (Å²) in [4.78, 5) is 2.72. The predicted octanol–water partition coefficient (Wildman–Crippen LogP) is 4.26. The normalized spacial score (nSPS) is 9.83. The standard InChI is InChI=1S/C11H17Br/c1-2-3-4-5-6-7-8-9-10-11-12/h4-5H,2-3,6-9H2,1H3/b5-4+. The molecule has 0 heterocycles. The second-order valence-corrected chi connectivity index (χ2v) is 3.17. The molecule has 0 bridgehead atoms. The molecule has 0 fully saturated rings. The van der Waals surface area contributed by atoms with Crippen molar-refractivity contribution in [2.24, 2.45) is 0 Å². The lowest BCUT2D eigenvalue weighted by Crippen LogP contribution is -1.72. The number of halogens is 1. The van der Waals surface area contributed by atoms with Gasteiger partial charge in [0.1, 0.15) is 0 Å². The Labute approximate surface area is 84.6 Å². The largest absolute Gasteiger partial charge is 0.0908 e. The molecule has 0 unspecified atom stereocenters. The second kappa shape index (κ2) is 10.8. The van der Waals surface area contributed by atoms with E-state index in [0.717, 1.165) is 6.42 Å². The Bertz CT molecular complexity index is 160. The quantitative estimate of drug-likeness (QED) is 0.362. The Morgan fingerprint density at radius 2 is 1.92 bits per heavy atom. The summed E-state index contributed by atoms with van der Waals surface area (Å²) in [5.74, 6) is 2.99. The molecule has 0 aliphatic heterocycles. The molecule has 0 radical (unpaired) electrons. The highest BCUT2D eigenvalue weighted by Crippen LogP contribution is 2.01. The highest BCUT2D eigenvalue weighted by molar-refractivity contribution is 9.12. The molecule has 0 spiro atoms. The van der Waals surface area contributed by atoms with Crippen molar-refractivity contribution in [3.63, 3.8) is 0 Å². The Kier molecular flexibility index (Phi) is 10.6. The summed E-state index contributed by atoms with van der Waals surface area (Å²) in [5.41, 5.74) is 0. The summed E-state index contributed by atoms with van der Waals surface area (Å²) in [6.07, 6.45) is 11.8. The van der Waals surface area contributed by atoms with Crippen LogP contribution in [0.15, 0.2) is 12.2 Å². The highest BCUT2D eigenvalue weighted by Gasteiger charge is 1.82. The summed E-state index contributed by atoms with van der Waals surface area (Å²) in [6.45, 7) is 2.20. The molecule has 0 aliphatic rings. The molecule has 68 valence electrons. The van der Waals surface area contributed by atoms with Crippen LogP contribution in [0.3, 0.4) is 0 Å². The molecule has 12 heavy (non-hydrogen) atoms. The van der Waals surface area contributed by atoms with Gasteiger partial charge in [0.2, 0.25) is 0 Å². The van der Waals surface area contributed by atoms with Crippen molar-refractivity contribution in [3.8, 4) is 10.8 Å². The topological polar surface area (TPSA) is 0 Å². The zero-order valence-electron chi connectivity index (χ0n) is 7.78. The molecule has 0 aromatic heterocycles. The van der Waals surface area contributed by atoms with Crippen LogP contribution in [0.5, 0.6) is 0 Å². The van der Waals surface area contributed by atoms with E-state index in [1.165, 1.54) is 32.1 Å². The van der Waals surface area contributed by atoms with Crippen molar-refractivity contribution in [3.05, 3.63) is 12.2 Å². The minimum atomic E-state index is 1.02. The third-order valence-corrected chi connectivity index (χ3v) is 1.89. The van der Waals surface area contributed by atoms with Crippen LogP contribution in [0.1, 0.15) is 45.4 Å². The van der Waals surface area contributed by atoms with Crippen LogP contribution in [0.4, 0.5) is 0 Å². The zero-order valence-corrected chi connectivity index (χ0v) is 9.36. The van der Waals surface area contributed by atoms with Crippen LogP contribution in [0, 0.1) is 10.8 Å². The van der Waals surface area contributed by atoms with Gasteiger partial charge in [-0.1, -0.05) is 31.4 Å². The summed E-state index contributed by atoms with van der Waals surface area (Å²) < 4.78 is 0. The first kappa shape index (κ1) is 11.8. The summed E-state index contributed by atoms with van der Waals surface area (Å²) in [6, 6.07) is 0. The van der Waals surface area contributed by atoms with Gasteiger partial charge in [0, 0.05) is 22.4 Å². The van der Waals surface area contributed by atoms with Gasteiger partial charge in [-0.15, -0.1) is 0 Å². The van der Waals surface area contributed by atoms with E-state index in [1.54, 1.807) is 0 Å². The van der Waals surface area contributed by atoms with Gasteiger partial charge < -0.3 is 0 Å². The number of unbranched alkanes of at least 4 members (excludes halogenated alkanes) is 4. The summed E-state index contributed by atoms with van der Waals surface area (Å²) >= 11 is 3.08. The fourth-order valence-corrected chi connectivity index (χ4v) is 1.12. The van der Waals surface area contributed by atoms with Gasteiger partial charge in [-0.05, 0) is 30.5 Å². The first-order valence-electron chi connectivity index (χ1n) is 4.65. The van der Waals surface area contributed by atoms with E-state index in [1.807, 2.05) is 0 Å². The van der Waals surface area contributed by atoms with Gasteiger partial charge >= 0.3 is 0 Å². The molecule has 0 aromatic carbocycles.